The number of nitrogens with zero attached hydrogens (tertiary/aromatic N) is 3. The Morgan fingerprint density at radius 2 is 2.37 bits per heavy atom. The van der Waals surface area contributed by atoms with Gasteiger partial charge in [-0.15, -0.1) is 0 Å². The number of nitrogens with two attached hydrogens (primary N) is 1. The van der Waals surface area contributed by atoms with E-state index in [0.29, 0.717) is 30.8 Å². The molecule has 0 saturated carbocycles. The van der Waals surface area contributed by atoms with Crippen LogP contribution in [-0.2, 0) is 4.74 Å². The molecule has 0 radical (unpaired) electrons. The van der Waals surface area contributed by atoms with E-state index in [1.54, 1.807) is 31.2 Å². The maximum absolute atomic E-state index is 11.6. The molecule has 0 fully saturated rings. The van der Waals surface area contributed by atoms with Crippen molar-refractivity contribution in [2.45, 2.75) is 13.3 Å². The van der Waals surface area contributed by atoms with E-state index in [0.717, 1.165) is 5.56 Å². The molecule has 0 aromatic heterocycles. The third-order valence-electron chi connectivity index (χ3n) is 2.35. The van der Waals surface area contributed by atoms with Crippen molar-refractivity contribution in [1.82, 2.24) is 0 Å². The summed E-state index contributed by atoms with van der Waals surface area (Å²) in [6, 6.07) is 4.97. The third kappa shape index (κ3) is 4.73. The van der Waals surface area contributed by atoms with E-state index < -0.39 is 0 Å². The average Bonchev–Trinajstić information content (AvgIpc) is 2.40. The van der Waals surface area contributed by atoms with Crippen molar-refractivity contribution in [3.8, 4) is 0 Å². The molecule has 1 aromatic carbocycles. The van der Waals surface area contributed by atoms with Crippen molar-refractivity contribution in [2.24, 2.45) is 5.11 Å². The first-order valence-corrected chi connectivity index (χ1v) is 5.93. The van der Waals surface area contributed by atoms with Gasteiger partial charge in [-0.3, -0.25) is 0 Å². The van der Waals surface area contributed by atoms with Gasteiger partial charge in [-0.05, 0) is 42.6 Å². The summed E-state index contributed by atoms with van der Waals surface area (Å²) in [7, 11) is 0. The van der Waals surface area contributed by atoms with Crippen molar-refractivity contribution in [1.29, 1.82) is 0 Å². The largest absolute Gasteiger partial charge is 0.462 e. The minimum Gasteiger partial charge on any atom is -0.462 e. The molecule has 0 atom stereocenters. The lowest BCUT2D eigenvalue weighted by Gasteiger charge is -2.05. The zero-order chi connectivity index (χ0) is 14.1. The lowest BCUT2D eigenvalue weighted by atomic mass is 10.1. The molecule has 0 spiro atoms. The van der Waals surface area contributed by atoms with Crippen LogP contribution in [0.5, 0.6) is 0 Å². The highest BCUT2D eigenvalue weighted by Crippen LogP contribution is 2.17. The van der Waals surface area contributed by atoms with Gasteiger partial charge in [-0.1, -0.05) is 17.3 Å². The van der Waals surface area contributed by atoms with Crippen molar-refractivity contribution >= 4 is 17.7 Å². The second-order valence-electron chi connectivity index (χ2n) is 3.71. The van der Waals surface area contributed by atoms with E-state index in [-0.39, 0.29) is 5.97 Å². The summed E-state index contributed by atoms with van der Waals surface area (Å²) in [5, 5.41) is 3.42. The number of carbonyl (C=O) groups excluding carboxylic acids is 1. The van der Waals surface area contributed by atoms with Crippen LogP contribution in [0.2, 0.25) is 0 Å². The molecule has 0 aliphatic carbocycles. The van der Waals surface area contributed by atoms with E-state index in [1.165, 1.54) is 0 Å². The van der Waals surface area contributed by atoms with Crippen LogP contribution in [0.15, 0.2) is 29.4 Å². The number of ether oxygens (including phenoxy) is 1. The summed E-state index contributed by atoms with van der Waals surface area (Å²) in [5.74, 6) is -0.369. The highest BCUT2D eigenvalue weighted by Gasteiger charge is 2.07. The zero-order valence-corrected chi connectivity index (χ0v) is 10.7. The maximum Gasteiger partial charge on any atom is 0.338 e. The van der Waals surface area contributed by atoms with Gasteiger partial charge in [0.1, 0.15) is 0 Å². The summed E-state index contributed by atoms with van der Waals surface area (Å²) >= 11 is 0. The number of esters is 1. The van der Waals surface area contributed by atoms with E-state index in [2.05, 4.69) is 10.0 Å². The summed E-state index contributed by atoms with van der Waals surface area (Å²) in [4.78, 5) is 14.2. The Bertz CT molecular complexity index is 519. The van der Waals surface area contributed by atoms with Crippen LogP contribution >= 0.6 is 0 Å². The molecule has 2 N–H and O–H groups in total. The first kappa shape index (κ1) is 14.6. The Morgan fingerprint density at radius 3 is 3.05 bits per heavy atom. The topological polar surface area (TPSA) is 101 Å². The second-order valence-corrected chi connectivity index (χ2v) is 3.71. The van der Waals surface area contributed by atoms with Crippen LogP contribution in [0.25, 0.3) is 16.5 Å². The number of azide groups is 1. The number of hydrogen-bond acceptors (Lipinski definition) is 4. The van der Waals surface area contributed by atoms with Gasteiger partial charge in [-0.2, -0.15) is 0 Å². The molecular weight excluding hydrogens is 244 g/mol. The number of nitrogen functional groups attached to an aromatic ring is 1. The molecule has 0 aliphatic heterocycles. The smallest absolute Gasteiger partial charge is 0.338 e. The van der Waals surface area contributed by atoms with Crippen LogP contribution in [0.4, 0.5) is 5.69 Å². The zero-order valence-electron chi connectivity index (χ0n) is 10.7. The fourth-order valence-corrected chi connectivity index (χ4v) is 1.45. The average molecular weight is 260 g/mol. The fraction of sp³-hybridized carbons (Fsp3) is 0.308. The molecule has 19 heavy (non-hydrogen) atoms. The minimum atomic E-state index is -0.369. The number of benzene rings is 1. The summed E-state index contributed by atoms with van der Waals surface area (Å²) in [6.07, 6.45) is 4.26. The summed E-state index contributed by atoms with van der Waals surface area (Å²) in [6.45, 7) is 2.48. The third-order valence-corrected chi connectivity index (χ3v) is 2.35. The minimum absolute atomic E-state index is 0.334. The number of carbonyl (C=O) groups is 1. The number of hydrogen-bond donors (Lipinski definition) is 1. The lowest BCUT2D eigenvalue weighted by molar-refractivity contribution is 0.0526. The van der Waals surface area contributed by atoms with E-state index >= 15 is 0 Å². The fourth-order valence-electron chi connectivity index (χ4n) is 1.45. The predicted molar refractivity (Wildman–Crippen MR) is 74.5 cm³/mol. The van der Waals surface area contributed by atoms with Gasteiger partial charge >= 0.3 is 5.97 Å². The van der Waals surface area contributed by atoms with Crippen molar-refractivity contribution in [3.05, 3.63) is 45.8 Å². The maximum atomic E-state index is 11.6. The van der Waals surface area contributed by atoms with Gasteiger partial charge in [0.2, 0.25) is 0 Å². The van der Waals surface area contributed by atoms with Gasteiger partial charge in [0.05, 0.1) is 12.2 Å². The van der Waals surface area contributed by atoms with Crippen LogP contribution in [0.3, 0.4) is 0 Å². The molecule has 6 nitrogen and oxygen atoms in total. The Balaban J connectivity index is 2.79. The molecule has 6 heteroatoms. The van der Waals surface area contributed by atoms with Crippen molar-refractivity contribution in [3.63, 3.8) is 0 Å². The first-order valence-electron chi connectivity index (χ1n) is 5.93. The highest BCUT2D eigenvalue weighted by molar-refractivity contribution is 5.91. The molecule has 0 aliphatic rings. The Morgan fingerprint density at radius 1 is 1.58 bits per heavy atom. The van der Waals surface area contributed by atoms with Crippen LogP contribution in [-0.4, -0.2) is 19.1 Å². The number of anilines is 1. The summed E-state index contributed by atoms with van der Waals surface area (Å²) in [5.41, 5.74) is 15.7. The molecule has 0 bridgehead atoms. The van der Waals surface area contributed by atoms with E-state index in [1.807, 2.05) is 6.08 Å². The molecule has 0 amide bonds. The Kier molecular flexibility index (Phi) is 5.98. The van der Waals surface area contributed by atoms with Crippen LogP contribution in [0, 0.1) is 0 Å². The van der Waals surface area contributed by atoms with Gasteiger partial charge in [-0.25, -0.2) is 4.79 Å². The highest BCUT2D eigenvalue weighted by atomic mass is 16.5. The van der Waals surface area contributed by atoms with Gasteiger partial charge in [0.25, 0.3) is 0 Å². The first-order chi connectivity index (χ1) is 9.19. The van der Waals surface area contributed by atoms with Gasteiger partial charge < -0.3 is 10.5 Å². The monoisotopic (exact) mass is 260 g/mol. The predicted octanol–water partition coefficient (Wildman–Crippen LogP) is 3.16. The van der Waals surface area contributed by atoms with Crippen molar-refractivity contribution < 1.29 is 9.53 Å². The molecule has 0 saturated heterocycles. The quantitative estimate of drug-likeness (QED) is 0.212. The summed E-state index contributed by atoms with van der Waals surface area (Å²) < 4.78 is 4.92. The Labute approximate surface area is 111 Å². The molecule has 100 valence electrons. The molecule has 1 rings (SSSR count). The normalized spacial score (nSPS) is 10.2. The molecular formula is C13H16N4O2. The second kappa shape index (κ2) is 7.79. The van der Waals surface area contributed by atoms with Crippen molar-refractivity contribution in [2.75, 3.05) is 18.9 Å². The Hall–Kier alpha value is -2.46. The van der Waals surface area contributed by atoms with Gasteiger partial charge in [0, 0.05) is 17.1 Å². The standard InChI is InChI=1S/C13H16N4O2/c1-2-19-13(18)11-6-7-12(14)10(9-11)5-3-4-8-16-17-15/h3,5-7,9H,2,4,8,14H2,1H3. The van der Waals surface area contributed by atoms with E-state index in [4.69, 9.17) is 16.0 Å². The molecule has 1 aromatic rings. The lowest BCUT2D eigenvalue weighted by Crippen LogP contribution is -2.05. The number of rotatable bonds is 6. The van der Waals surface area contributed by atoms with Crippen LogP contribution < -0.4 is 5.73 Å². The van der Waals surface area contributed by atoms with E-state index in [9.17, 15) is 4.79 Å². The molecule has 0 unspecified atom stereocenters. The SMILES string of the molecule is CCOC(=O)c1ccc(N)c(C=CCCN=[N+]=[N-])c1. The molecule has 0 heterocycles. The van der Waals surface area contributed by atoms with Crippen LogP contribution in [0.1, 0.15) is 29.3 Å². The van der Waals surface area contributed by atoms with Gasteiger partial charge in [0.15, 0.2) is 0 Å².